The van der Waals surface area contributed by atoms with Crippen LogP contribution >= 0.6 is 15.9 Å². The van der Waals surface area contributed by atoms with Crippen LogP contribution in [0, 0.1) is 17.5 Å². The fourth-order valence-electron chi connectivity index (χ4n) is 2.82. The summed E-state index contributed by atoms with van der Waals surface area (Å²) in [5, 5.41) is 0. The molecule has 0 bridgehead atoms. The van der Waals surface area contributed by atoms with Crippen LogP contribution in [0.5, 0.6) is 11.5 Å². The molecule has 0 saturated carbocycles. The Balaban J connectivity index is 1.97. The molecule has 0 aliphatic carbocycles. The van der Waals surface area contributed by atoms with Crippen LogP contribution in [0.25, 0.3) is 0 Å². The van der Waals surface area contributed by atoms with Crippen LogP contribution < -0.4 is 9.47 Å². The molecule has 0 amide bonds. The van der Waals surface area contributed by atoms with Crippen molar-refractivity contribution in [2.24, 2.45) is 0 Å². The summed E-state index contributed by atoms with van der Waals surface area (Å²) in [5.74, 6) is -3.46. The fourth-order valence-corrected chi connectivity index (χ4v) is 3.14. The third kappa shape index (κ3) is 2.48. The summed E-state index contributed by atoms with van der Waals surface area (Å²) in [6.07, 6.45) is 0. The minimum atomic E-state index is -1.88. The van der Waals surface area contributed by atoms with E-state index in [1.165, 1.54) is 42.5 Å². The SMILES string of the molecule is Fc1cc2c(cc1Br)OC(c1ccccc1F)(c1ccccc1F)O2. The topological polar surface area (TPSA) is 18.5 Å². The lowest BCUT2D eigenvalue weighted by atomic mass is 9.96. The van der Waals surface area contributed by atoms with Gasteiger partial charge in [0.25, 0.3) is 0 Å². The Bertz CT molecular complexity index is 896. The Labute approximate surface area is 149 Å². The van der Waals surface area contributed by atoms with Gasteiger partial charge in [0.15, 0.2) is 11.5 Å². The Morgan fingerprint density at radius 1 is 0.680 bits per heavy atom. The monoisotopic (exact) mass is 406 g/mol. The Kier molecular flexibility index (Phi) is 3.72. The summed E-state index contributed by atoms with van der Waals surface area (Å²) < 4.78 is 54.7. The highest BCUT2D eigenvalue weighted by molar-refractivity contribution is 9.10. The number of ether oxygens (including phenoxy) is 2. The highest BCUT2D eigenvalue weighted by Gasteiger charge is 2.49. The summed E-state index contributed by atoms with van der Waals surface area (Å²) in [5.41, 5.74) is -0.0133. The average molecular weight is 407 g/mol. The molecule has 0 aromatic heterocycles. The van der Waals surface area contributed by atoms with Crippen LogP contribution in [0.15, 0.2) is 65.1 Å². The van der Waals surface area contributed by atoms with Gasteiger partial charge >= 0.3 is 5.79 Å². The standard InChI is InChI=1S/C19H10BrF3O2/c20-13-9-17-18(10-16(13)23)25-19(24-17,11-5-1-3-7-14(11)21)12-6-2-4-8-15(12)22/h1-10H. The second kappa shape index (κ2) is 5.81. The largest absolute Gasteiger partial charge is 0.440 e. The Morgan fingerprint density at radius 3 is 1.68 bits per heavy atom. The minimum absolute atomic E-state index is 0.00664. The third-order valence-electron chi connectivity index (χ3n) is 3.95. The van der Waals surface area contributed by atoms with E-state index >= 15 is 0 Å². The van der Waals surface area contributed by atoms with E-state index < -0.39 is 23.2 Å². The average Bonchev–Trinajstić information content (AvgIpc) is 2.95. The van der Waals surface area contributed by atoms with E-state index in [-0.39, 0.29) is 27.1 Å². The molecule has 0 radical (unpaired) electrons. The van der Waals surface area contributed by atoms with Crippen molar-refractivity contribution in [1.82, 2.24) is 0 Å². The molecule has 3 aromatic carbocycles. The lowest BCUT2D eigenvalue weighted by molar-refractivity contribution is -0.0515. The van der Waals surface area contributed by atoms with Crippen LogP contribution in [0.1, 0.15) is 11.1 Å². The second-order valence-corrected chi connectivity index (χ2v) is 6.35. The van der Waals surface area contributed by atoms with E-state index in [1.54, 1.807) is 12.1 Å². The molecule has 1 heterocycles. The van der Waals surface area contributed by atoms with Crippen molar-refractivity contribution in [3.05, 3.63) is 93.7 Å². The molecule has 2 nitrogen and oxygen atoms in total. The van der Waals surface area contributed by atoms with Crippen LogP contribution in [-0.4, -0.2) is 0 Å². The molecule has 0 unspecified atom stereocenters. The quantitative estimate of drug-likeness (QED) is 0.556. The molecule has 0 fully saturated rings. The number of hydrogen-bond acceptors (Lipinski definition) is 2. The first-order valence-electron chi connectivity index (χ1n) is 7.38. The van der Waals surface area contributed by atoms with Gasteiger partial charge in [0, 0.05) is 12.1 Å². The molecular weight excluding hydrogens is 397 g/mol. The van der Waals surface area contributed by atoms with Gasteiger partial charge in [0.2, 0.25) is 0 Å². The number of benzene rings is 3. The minimum Gasteiger partial charge on any atom is -0.440 e. The van der Waals surface area contributed by atoms with Gasteiger partial charge in [-0.05, 0) is 40.2 Å². The van der Waals surface area contributed by atoms with Gasteiger partial charge in [-0.3, -0.25) is 0 Å². The molecule has 126 valence electrons. The van der Waals surface area contributed by atoms with Gasteiger partial charge in [-0.25, -0.2) is 13.2 Å². The first kappa shape index (κ1) is 16.0. The van der Waals surface area contributed by atoms with Gasteiger partial charge in [-0.1, -0.05) is 24.3 Å². The Hall–Kier alpha value is -2.47. The number of halogens is 4. The molecule has 0 saturated heterocycles. The smallest absolute Gasteiger partial charge is 0.311 e. The molecule has 1 aliphatic rings. The van der Waals surface area contributed by atoms with E-state index in [0.29, 0.717) is 0 Å². The van der Waals surface area contributed by atoms with E-state index in [4.69, 9.17) is 9.47 Å². The van der Waals surface area contributed by atoms with Crippen molar-refractivity contribution in [1.29, 1.82) is 0 Å². The lowest BCUT2D eigenvalue weighted by Crippen LogP contribution is -2.38. The summed E-state index contributed by atoms with van der Waals surface area (Å²) in [6.45, 7) is 0. The molecule has 4 rings (SSSR count). The molecular formula is C19H10BrF3O2. The lowest BCUT2D eigenvalue weighted by Gasteiger charge is -2.29. The molecule has 0 atom stereocenters. The molecule has 3 aromatic rings. The number of fused-ring (bicyclic) bond motifs is 1. The fraction of sp³-hybridized carbons (Fsp3) is 0.0526. The maximum atomic E-state index is 14.5. The first-order chi connectivity index (χ1) is 12.0. The van der Waals surface area contributed by atoms with Gasteiger partial charge in [-0.15, -0.1) is 0 Å². The molecule has 1 aliphatic heterocycles. The zero-order valence-corrected chi connectivity index (χ0v) is 14.2. The van der Waals surface area contributed by atoms with E-state index in [2.05, 4.69) is 15.9 Å². The second-order valence-electron chi connectivity index (χ2n) is 5.49. The van der Waals surface area contributed by atoms with E-state index in [1.807, 2.05) is 0 Å². The van der Waals surface area contributed by atoms with Crippen molar-refractivity contribution in [2.75, 3.05) is 0 Å². The summed E-state index contributed by atoms with van der Waals surface area (Å²) in [4.78, 5) is 0. The number of hydrogen-bond donors (Lipinski definition) is 0. The van der Waals surface area contributed by atoms with Crippen molar-refractivity contribution in [2.45, 2.75) is 5.79 Å². The predicted molar refractivity (Wildman–Crippen MR) is 88.9 cm³/mol. The molecule has 6 heteroatoms. The van der Waals surface area contributed by atoms with E-state index in [0.717, 1.165) is 6.07 Å². The molecule has 0 spiro atoms. The maximum Gasteiger partial charge on any atom is 0.311 e. The zero-order valence-electron chi connectivity index (χ0n) is 12.6. The van der Waals surface area contributed by atoms with Crippen LogP contribution in [0.4, 0.5) is 13.2 Å². The maximum absolute atomic E-state index is 14.5. The van der Waals surface area contributed by atoms with Gasteiger partial charge in [0.1, 0.15) is 17.5 Å². The Morgan fingerprint density at radius 2 is 1.16 bits per heavy atom. The molecule has 0 N–H and O–H groups in total. The normalized spacial score (nSPS) is 14.6. The molecule has 25 heavy (non-hydrogen) atoms. The third-order valence-corrected chi connectivity index (χ3v) is 4.56. The summed E-state index contributed by atoms with van der Waals surface area (Å²) in [6, 6.07) is 14.0. The number of rotatable bonds is 2. The van der Waals surface area contributed by atoms with Crippen molar-refractivity contribution < 1.29 is 22.6 Å². The van der Waals surface area contributed by atoms with Crippen molar-refractivity contribution in [3.8, 4) is 11.5 Å². The highest BCUT2D eigenvalue weighted by atomic mass is 79.9. The highest BCUT2D eigenvalue weighted by Crippen LogP contribution is 2.50. The predicted octanol–water partition coefficient (Wildman–Crippen LogP) is 5.54. The first-order valence-corrected chi connectivity index (χ1v) is 8.17. The van der Waals surface area contributed by atoms with Crippen LogP contribution in [0.3, 0.4) is 0 Å². The summed E-state index contributed by atoms with van der Waals surface area (Å²) >= 11 is 3.07. The van der Waals surface area contributed by atoms with Crippen molar-refractivity contribution >= 4 is 15.9 Å². The van der Waals surface area contributed by atoms with Gasteiger partial charge < -0.3 is 9.47 Å². The van der Waals surface area contributed by atoms with E-state index in [9.17, 15) is 13.2 Å². The zero-order chi connectivity index (χ0) is 17.6. The van der Waals surface area contributed by atoms with Crippen LogP contribution in [0.2, 0.25) is 0 Å². The van der Waals surface area contributed by atoms with Gasteiger partial charge in [-0.2, -0.15) is 0 Å². The summed E-state index contributed by atoms with van der Waals surface area (Å²) in [7, 11) is 0. The van der Waals surface area contributed by atoms with Gasteiger partial charge in [0.05, 0.1) is 15.6 Å². The van der Waals surface area contributed by atoms with Crippen LogP contribution in [-0.2, 0) is 5.79 Å². The van der Waals surface area contributed by atoms with Crippen molar-refractivity contribution in [3.63, 3.8) is 0 Å².